The van der Waals surface area contributed by atoms with Crippen LogP contribution in [0.2, 0.25) is 0 Å². The SMILES string of the molecule is CCCCCOCC(O)C(O)C(=O)C(N)CNCCCCC(NC)C(=O)OC. The maximum atomic E-state index is 12.1. The molecule has 28 heavy (non-hydrogen) atoms. The van der Waals surface area contributed by atoms with E-state index in [1.165, 1.54) is 7.11 Å². The molecule has 0 aromatic heterocycles. The quantitative estimate of drug-likeness (QED) is 0.148. The number of carbonyl (C=O) groups is 2. The fraction of sp³-hybridized carbons (Fsp3) is 0.895. The molecule has 0 spiro atoms. The smallest absolute Gasteiger partial charge is 0.322 e. The number of aliphatic hydroxyl groups is 2. The van der Waals surface area contributed by atoms with Gasteiger partial charge in [0.1, 0.15) is 18.2 Å². The molecule has 166 valence electrons. The van der Waals surface area contributed by atoms with Gasteiger partial charge in [-0.2, -0.15) is 0 Å². The lowest BCUT2D eigenvalue weighted by molar-refractivity contribution is -0.143. The van der Waals surface area contributed by atoms with Gasteiger partial charge in [-0.1, -0.05) is 26.2 Å². The lowest BCUT2D eigenvalue weighted by Gasteiger charge is -2.20. The van der Waals surface area contributed by atoms with Crippen LogP contribution in [0.3, 0.4) is 0 Å². The Labute approximate surface area is 168 Å². The number of unbranched alkanes of at least 4 members (excludes halogenated alkanes) is 3. The van der Waals surface area contributed by atoms with Crippen molar-refractivity contribution in [3.8, 4) is 0 Å². The summed E-state index contributed by atoms with van der Waals surface area (Å²) in [5, 5.41) is 25.7. The van der Waals surface area contributed by atoms with Crippen LogP contribution in [-0.2, 0) is 19.1 Å². The van der Waals surface area contributed by atoms with E-state index in [4.69, 9.17) is 15.2 Å². The molecule has 0 aromatic rings. The fourth-order valence-electron chi connectivity index (χ4n) is 2.64. The number of nitrogens with one attached hydrogen (secondary N) is 2. The zero-order chi connectivity index (χ0) is 21.4. The minimum Gasteiger partial charge on any atom is -0.468 e. The second-order valence-corrected chi connectivity index (χ2v) is 6.87. The number of ether oxygens (including phenoxy) is 2. The number of nitrogens with two attached hydrogens (primary N) is 1. The molecule has 0 bridgehead atoms. The van der Waals surface area contributed by atoms with Crippen LogP contribution in [0.1, 0.15) is 45.4 Å². The minimum absolute atomic E-state index is 0.0937. The summed E-state index contributed by atoms with van der Waals surface area (Å²) in [5.41, 5.74) is 5.80. The first kappa shape index (κ1) is 26.9. The van der Waals surface area contributed by atoms with Crippen LogP contribution >= 0.6 is 0 Å². The van der Waals surface area contributed by atoms with Gasteiger partial charge in [0, 0.05) is 13.2 Å². The summed E-state index contributed by atoms with van der Waals surface area (Å²) in [6.45, 7) is 3.30. The summed E-state index contributed by atoms with van der Waals surface area (Å²) in [6, 6.07) is -1.24. The topological polar surface area (TPSA) is 143 Å². The Balaban J connectivity index is 3.93. The number of hydrogen-bond acceptors (Lipinski definition) is 9. The van der Waals surface area contributed by atoms with Crippen LogP contribution in [0.5, 0.6) is 0 Å². The van der Waals surface area contributed by atoms with Crippen LogP contribution in [0, 0.1) is 0 Å². The van der Waals surface area contributed by atoms with E-state index in [0.717, 1.165) is 32.1 Å². The average molecular weight is 406 g/mol. The second kappa shape index (κ2) is 16.8. The predicted molar refractivity (Wildman–Crippen MR) is 107 cm³/mol. The molecule has 4 atom stereocenters. The van der Waals surface area contributed by atoms with Crippen molar-refractivity contribution in [2.45, 2.75) is 69.7 Å². The number of rotatable bonds is 18. The van der Waals surface area contributed by atoms with Crippen molar-refractivity contribution in [3.63, 3.8) is 0 Å². The normalized spacial score (nSPS) is 15.6. The van der Waals surface area contributed by atoms with Crippen molar-refractivity contribution in [1.82, 2.24) is 10.6 Å². The van der Waals surface area contributed by atoms with E-state index in [1.807, 2.05) is 0 Å². The number of ketones is 1. The third kappa shape index (κ3) is 11.7. The highest BCUT2D eigenvalue weighted by Gasteiger charge is 2.28. The van der Waals surface area contributed by atoms with E-state index >= 15 is 0 Å². The standard InChI is InChI=1S/C19H39N3O6/c1-4-5-8-11-28-13-16(23)18(25)17(24)14(20)12-22-10-7-6-9-15(21-2)19(26)27-3/h14-16,18,21-23,25H,4-13,20H2,1-3H3. The Morgan fingerprint density at radius 3 is 2.46 bits per heavy atom. The lowest BCUT2D eigenvalue weighted by Crippen LogP contribution is -2.50. The van der Waals surface area contributed by atoms with Gasteiger partial charge >= 0.3 is 5.97 Å². The molecule has 0 aliphatic heterocycles. The van der Waals surface area contributed by atoms with Crippen LogP contribution in [-0.4, -0.2) is 86.7 Å². The third-order valence-corrected chi connectivity index (χ3v) is 4.50. The Hall–Kier alpha value is -1.10. The molecule has 9 heteroatoms. The summed E-state index contributed by atoms with van der Waals surface area (Å²) in [5.74, 6) is -0.900. The fourth-order valence-corrected chi connectivity index (χ4v) is 2.64. The molecule has 0 radical (unpaired) electrons. The zero-order valence-electron chi connectivity index (χ0n) is 17.5. The molecule has 6 N–H and O–H groups in total. The number of methoxy groups -OCH3 is 1. The monoisotopic (exact) mass is 405 g/mol. The van der Waals surface area contributed by atoms with Crippen molar-refractivity contribution in [2.24, 2.45) is 5.73 Å². The summed E-state index contributed by atoms with van der Waals surface area (Å²) in [4.78, 5) is 23.5. The van der Waals surface area contributed by atoms with Gasteiger partial charge in [-0.15, -0.1) is 0 Å². The highest BCUT2D eigenvalue weighted by Crippen LogP contribution is 2.03. The number of esters is 1. The molecular weight excluding hydrogens is 366 g/mol. The van der Waals surface area contributed by atoms with Crippen molar-refractivity contribution >= 4 is 11.8 Å². The van der Waals surface area contributed by atoms with Gasteiger partial charge in [0.2, 0.25) is 0 Å². The molecular formula is C19H39N3O6. The summed E-state index contributed by atoms with van der Waals surface area (Å²) >= 11 is 0. The molecule has 0 aromatic carbocycles. The van der Waals surface area contributed by atoms with Crippen LogP contribution < -0.4 is 16.4 Å². The molecule has 0 saturated heterocycles. The van der Waals surface area contributed by atoms with Gasteiger partial charge in [-0.25, -0.2) is 0 Å². The molecule has 0 aliphatic carbocycles. The summed E-state index contributed by atoms with van der Waals surface area (Å²) in [6.07, 6.45) is 2.39. The number of aliphatic hydroxyl groups excluding tert-OH is 2. The van der Waals surface area contributed by atoms with Crippen LogP contribution in [0.4, 0.5) is 0 Å². The Morgan fingerprint density at radius 2 is 1.86 bits per heavy atom. The molecule has 0 rings (SSSR count). The molecule has 0 fully saturated rings. The van der Waals surface area contributed by atoms with Gasteiger partial charge in [-0.3, -0.25) is 9.59 Å². The molecule has 0 aliphatic rings. The third-order valence-electron chi connectivity index (χ3n) is 4.50. The summed E-state index contributed by atoms with van der Waals surface area (Å²) in [7, 11) is 3.07. The van der Waals surface area contributed by atoms with Crippen molar-refractivity contribution in [2.75, 3.05) is 40.5 Å². The number of Topliss-reactive ketones (excluding diaryl/α,β-unsaturated/α-hetero) is 1. The number of carbonyl (C=O) groups excluding carboxylic acids is 2. The van der Waals surface area contributed by atoms with Crippen molar-refractivity contribution < 1.29 is 29.3 Å². The number of hydrogen-bond donors (Lipinski definition) is 5. The minimum atomic E-state index is -1.56. The van der Waals surface area contributed by atoms with E-state index < -0.39 is 24.0 Å². The molecule has 9 nitrogen and oxygen atoms in total. The van der Waals surface area contributed by atoms with Gasteiger partial charge in [0.15, 0.2) is 5.78 Å². The number of likely N-dealkylation sites (N-methyl/N-ethyl adjacent to an activating group) is 1. The Bertz CT molecular complexity index is 424. The Kier molecular flexibility index (Phi) is 16.2. The zero-order valence-corrected chi connectivity index (χ0v) is 17.5. The summed E-state index contributed by atoms with van der Waals surface area (Å²) < 4.78 is 9.97. The molecule has 0 amide bonds. The van der Waals surface area contributed by atoms with Crippen LogP contribution in [0.15, 0.2) is 0 Å². The van der Waals surface area contributed by atoms with Gasteiger partial charge < -0.3 is 36.1 Å². The van der Waals surface area contributed by atoms with Gasteiger partial charge in [0.25, 0.3) is 0 Å². The van der Waals surface area contributed by atoms with E-state index in [1.54, 1.807) is 7.05 Å². The Morgan fingerprint density at radius 1 is 1.14 bits per heavy atom. The highest BCUT2D eigenvalue weighted by atomic mass is 16.5. The molecule has 0 heterocycles. The first-order valence-electron chi connectivity index (χ1n) is 10.1. The van der Waals surface area contributed by atoms with Crippen LogP contribution in [0.25, 0.3) is 0 Å². The molecule has 0 saturated carbocycles. The molecule has 4 unspecified atom stereocenters. The van der Waals surface area contributed by atoms with Gasteiger partial charge in [-0.05, 0) is 32.9 Å². The second-order valence-electron chi connectivity index (χ2n) is 6.87. The predicted octanol–water partition coefficient (Wildman–Crippen LogP) is -0.668. The van der Waals surface area contributed by atoms with Crippen molar-refractivity contribution in [1.29, 1.82) is 0 Å². The average Bonchev–Trinajstić information content (AvgIpc) is 2.70. The maximum absolute atomic E-state index is 12.1. The van der Waals surface area contributed by atoms with E-state index in [2.05, 4.69) is 17.6 Å². The highest BCUT2D eigenvalue weighted by molar-refractivity contribution is 5.88. The van der Waals surface area contributed by atoms with E-state index in [-0.39, 0.29) is 25.2 Å². The van der Waals surface area contributed by atoms with Crippen molar-refractivity contribution in [3.05, 3.63) is 0 Å². The first-order valence-corrected chi connectivity index (χ1v) is 10.1. The lowest BCUT2D eigenvalue weighted by atomic mass is 10.0. The van der Waals surface area contributed by atoms with E-state index in [0.29, 0.717) is 19.6 Å². The van der Waals surface area contributed by atoms with E-state index in [9.17, 15) is 19.8 Å². The largest absolute Gasteiger partial charge is 0.468 e. The maximum Gasteiger partial charge on any atom is 0.322 e. The first-order chi connectivity index (χ1) is 13.4. The van der Waals surface area contributed by atoms with Gasteiger partial charge in [0.05, 0.1) is 19.8 Å².